The van der Waals surface area contributed by atoms with Gasteiger partial charge in [0.25, 0.3) is 0 Å². The highest BCUT2D eigenvalue weighted by Gasteiger charge is 2.12. The Morgan fingerprint density at radius 1 is 0.500 bits per heavy atom. The molecule has 0 amide bonds. The van der Waals surface area contributed by atoms with Crippen LogP contribution >= 0.6 is 0 Å². The summed E-state index contributed by atoms with van der Waals surface area (Å²) in [5.41, 5.74) is 0. The number of hydrogen-bond acceptors (Lipinski definition) is 5. The minimum atomic E-state index is -0.956. The number of ether oxygens (including phenoxy) is 2. The van der Waals surface area contributed by atoms with Crippen molar-refractivity contribution < 1.29 is 24.2 Å². The van der Waals surface area contributed by atoms with Gasteiger partial charge in [0, 0.05) is 12.8 Å². The van der Waals surface area contributed by atoms with E-state index >= 15 is 0 Å². The van der Waals surface area contributed by atoms with Gasteiger partial charge in [-0.05, 0) is 24.7 Å². The second-order valence-corrected chi connectivity index (χ2v) is 13.4. The Morgan fingerprint density at radius 3 is 1.14 bits per heavy atom. The minimum Gasteiger partial charge on any atom is -0.463 e. The number of esters is 2. The summed E-state index contributed by atoms with van der Waals surface area (Å²) in [6.45, 7) is 8.98. The van der Waals surface area contributed by atoms with Crippen LogP contribution in [0.1, 0.15) is 195 Å². The normalized spacial score (nSPS) is 12.9. The number of carbonyl (C=O) groups is 2. The van der Waals surface area contributed by atoms with Crippen molar-refractivity contribution >= 4 is 11.9 Å². The van der Waals surface area contributed by atoms with Crippen LogP contribution in [0.4, 0.5) is 0 Å². The molecule has 0 aliphatic rings. The lowest BCUT2D eigenvalue weighted by molar-refractivity contribution is -0.152. The number of unbranched alkanes of at least 4 members (excludes halogenated alkanes) is 19. The summed E-state index contributed by atoms with van der Waals surface area (Å²) in [4.78, 5) is 23.8. The van der Waals surface area contributed by atoms with Crippen LogP contribution in [0.3, 0.4) is 0 Å². The Labute approximate surface area is 261 Å². The van der Waals surface area contributed by atoms with Gasteiger partial charge in [-0.2, -0.15) is 0 Å². The van der Waals surface area contributed by atoms with Gasteiger partial charge < -0.3 is 14.6 Å². The standard InChI is InChI=1S/C37H72O5/c1-5-34(4)28-24-20-17-18-22-26-30-37(40)42-32-35(38)31-41-36(39)29-25-21-16-14-12-10-8-6-7-9-11-13-15-19-23-27-33(2)3/h33-35,38H,5-32H2,1-4H3/t34?,35-/m0/s1. The van der Waals surface area contributed by atoms with Gasteiger partial charge in [0.15, 0.2) is 0 Å². The van der Waals surface area contributed by atoms with Crippen molar-refractivity contribution in [1.29, 1.82) is 0 Å². The predicted molar refractivity (Wildman–Crippen MR) is 178 cm³/mol. The first-order chi connectivity index (χ1) is 20.3. The van der Waals surface area contributed by atoms with E-state index in [1.165, 1.54) is 122 Å². The Hall–Kier alpha value is -1.10. The zero-order valence-corrected chi connectivity index (χ0v) is 28.6. The van der Waals surface area contributed by atoms with E-state index in [1.807, 2.05) is 0 Å². The first kappa shape index (κ1) is 40.9. The van der Waals surface area contributed by atoms with Gasteiger partial charge >= 0.3 is 11.9 Å². The maximum absolute atomic E-state index is 11.9. The van der Waals surface area contributed by atoms with Crippen molar-refractivity contribution in [1.82, 2.24) is 0 Å². The second kappa shape index (κ2) is 31.3. The SMILES string of the molecule is CCC(C)CCCCCCCCC(=O)OC[C@@H](O)COC(=O)CCCCCCCCCCCCCCCCCC(C)C. The lowest BCUT2D eigenvalue weighted by Gasteiger charge is -2.12. The highest BCUT2D eigenvalue weighted by molar-refractivity contribution is 5.69. The summed E-state index contributed by atoms with van der Waals surface area (Å²) in [6.07, 6.45) is 30.2. The molecule has 5 heteroatoms. The fourth-order valence-corrected chi connectivity index (χ4v) is 5.36. The molecule has 0 heterocycles. The Kier molecular flexibility index (Phi) is 30.5. The van der Waals surface area contributed by atoms with Crippen molar-refractivity contribution in [2.45, 2.75) is 201 Å². The molecule has 0 aromatic heterocycles. The lowest BCUT2D eigenvalue weighted by atomic mass is 10.00. The van der Waals surface area contributed by atoms with Gasteiger partial charge in [0.05, 0.1) is 0 Å². The molecule has 1 unspecified atom stereocenters. The molecule has 0 fully saturated rings. The number of carbonyl (C=O) groups excluding carboxylic acids is 2. The summed E-state index contributed by atoms with van der Waals surface area (Å²) in [7, 11) is 0. The molecule has 42 heavy (non-hydrogen) atoms. The van der Waals surface area contributed by atoms with E-state index in [9.17, 15) is 14.7 Å². The highest BCUT2D eigenvalue weighted by Crippen LogP contribution is 2.16. The van der Waals surface area contributed by atoms with Gasteiger partial charge in [-0.15, -0.1) is 0 Å². The number of aliphatic hydroxyl groups excluding tert-OH is 1. The molecule has 0 spiro atoms. The van der Waals surface area contributed by atoms with Crippen LogP contribution in [0.25, 0.3) is 0 Å². The molecule has 0 saturated heterocycles. The van der Waals surface area contributed by atoms with Crippen LogP contribution < -0.4 is 0 Å². The molecule has 2 atom stereocenters. The lowest BCUT2D eigenvalue weighted by Crippen LogP contribution is -2.25. The fraction of sp³-hybridized carbons (Fsp3) is 0.946. The quantitative estimate of drug-likeness (QED) is 0.0617. The van der Waals surface area contributed by atoms with E-state index in [1.54, 1.807) is 0 Å². The van der Waals surface area contributed by atoms with Crippen LogP contribution in [0.2, 0.25) is 0 Å². The van der Waals surface area contributed by atoms with Crippen LogP contribution in [0.15, 0.2) is 0 Å². The van der Waals surface area contributed by atoms with Crippen molar-refractivity contribution in [3.8, 4) is 0 Å². The van der Waals surface area contributed by atoms with Crippen LogP contribution in [-0.2, 0) is 19.1 Å². The van der Waals surface area contributed by atoms with Crippen LogP contribution in [-0.4, -0.2) is 36.4 Å². The second-order valence-electron chi connectivity index (χ2n) is 13.4. The number of hydrogen-bond donors (Lipinski definition) is 1. The molecule has 0 aliphatic carbocycles. The summed E-state index contributed by atoms with van der Waals surface area (Å²) < 4.78 is 10.3. The van der Waals surface area contributed by atoms with Crippen molar-refractivity contribution in [2.24, 2.45) is 11.8 Å². The van der Waals surface area contributed by atoms with Gasteiger partial charge in [-0.3, -0.25) is 9.59 Å². The Morgan fingerprint density at radius 2 is 0.810 bits per heavy atom. The van der Waals surface area contributed by atoms with Crippen LogP contribution in [0, 0.1) is 11.8 Å². The third kappa shape index (κ3) is 31.8. The van der Waals surface area contributed by atoms with Crippen molar-refractivity contribution in [3.05, 3.63) is 0 Å². The summed E-state index contributed by atoms with van der Waals surface area (Å²) in [6, 6.07) is 0. The predicted octanol–water partition coefficient (Wildman–Crippen LogP) is 10.9. The average Bonchev–Trinajstić information content (AvgIpc) is 2.97. The number of rotatable bonds is 32. The summed E-state index contributed by atoms with van der Waals surface area (Å²) >= 11 is 0. The maximum atomic E-state index is 11.9. The first-order valence-electron chi connectivity index (χ1n) is 18.3. The first-order valence-corrected chi connectivity index (χ1v) is 18.3. The monoisotopic (exact) mass is 597 g/mol. The molecule has 0 aromatic rings. The van der Waals surface area contributed by atoms with Gasteiger partial charge in [0.1, 0.15) is 19.3 Å². The Bertz CT molecular complexity index is 591. The maximum Gasteiger partial charge on any atom is 0.305 e. The molecule has 0 rings (SSSR count). The van der Waals surface area contributed by atoms with Crippen LogP contribution in [0.5, 0.6) is 0 Å². The minimum absolute atomic E-state index is 0.110. The molecule has 1 N–H and O–H groups in total. The fourth-order valence-electron chi connectivity index (χ4n) is 5.36. The van der Waals surface area contributed by atoms with E-state index in [0.29, 0.717) is 12.8 Å². The van der Waals surface area contributed by atoms with E-state index in [4.69, 9.17) is 9.47 Å². The van der Waals surface area contributed by atoms with Gasteiger partial charge in [0.2, 0.25) is 0 Å². The van der Waals surface area contributed by atoms with E-state index in [2.05, 4.69) is 27.7 Å². The highest BCUT2D eigenvalue weighted by atomic mass is 16.6. The molecule has 0 aliphatic heterocycles. The molecule has 0 bridgehead atoms. The van der Waals surface area contributed by atoms with Crippen molar-refractivity contribution in [2.75, 3.05) is 13.2 Å². The van der Waals surface area contributed by atoms with Gasteiger partial charge in [-0.25, -0.2) is 0 Å². The topological polar surface area (TPSA) is 72.8 Å². The molecular formula is C37H72O5. The zero-order valence-electron chi connectivity index (χ0n) is 28.6. The molecule has 0 radical (unpaired) electrons. The molecule has 250 valence electrons. The number of aliphatic hydroxyl groups is 1. The summed E-state index contributed by atoms with van der Waals surface area (Å²) in [5.74, 6) is 1.13. The molecule has 5 nitrogen and oxygen atoms in total. The third-order valence-corrected chi connectivity index (χ3v) is 8.56. The van der Waals surface area contributed by atoms with E-state index < -0.39 is 6.10 Å². The third-order valence-electron chi connectivity index (χ3n) is 8.56. The molecular weight excluding hydrogens is 524 g/mol. The summed E-state index contributed by atoms with van der Waals surface area (Å²) in [5, 5.41) is 9.97. The van der Waals surface area contributed by atoms with Crippen molar-refractivity contribution in [3.63, 3.8) is 0 Å². The average molecular weight is 597 g/mol. The van der Waals surface area contributed by atoms with E-state index in [0.717, 1.165) is 43.9 Å². The largest absolute Gasteiger partial charge is 0.463 e. The zero-order chi connectivity index (χ0) is 31.1. The molecule has 0 saturated carbocycles. The molecule has 0 aromatic carbocycles. The van der Waals surface area contributed by atoms with E-state index in [-0.39, 0.29) is 25.2 Å². The smallest absolute Gasteiger partial charge is 0.305 e. The Balaban J connectivity index is 3.39. The van der Waals surface area contributed by atoms with Gasteiger partial charge in [-0.1, -0.05) is 169 Å².